The molecule has 3 aromatic rings. The van der Waals surface area contributed by atoms with E-state index in [0.29, 0.717) is 0 Å². The van der Waals surface area contributed by atoms with Crippen molar-refractivity contribution in [2.45, 2.75) is 0 Å². The SMILES string of the molecule is [c]1ccnc(-c2cccc(-c3c[c]ccn3)n2)c1. The third-order valence-electron chi connectivity index (χ3n) is 2.48. The van der Waals surface area contributed by atoms with Crippen LogP contribution in [-0.4, -0.2) is 15.0 Å². The fourth-order valence-corrected chi connectivity index (χ4v) is 1.65. The van der Waals surface area contributed by atoms with Crippen LogP contribution in [0.2, 0.25) is 0 Å². The van der Waals surface area contributed by atoms with Crippen LogP contribution < -0.4 is 0 Å². The Morgan fingerprint density at radius 2 is 1.28 bits per heavy atom. The lowest BCUT2D eigenvalue weighted by Crippen LogP contribution is -1.91. The first-order chi connectivity index (χ1) is 8.93. The van der Waals surface area contributed by atoms with Crippen molar-refractivity contribution < 1.29 is 0 Å². The molecule has 3 nitrogen and oxygen atoms in total. The molecule has 0 bridgehead atoms. The van der Waals surface area contributed by atoms with E-state index < -0.39 is 0 Å². The third-order valence-corrected chi connectivity index (χ3v) is 2.48. The molecule has 0 atom stereocenters. The lowest BCUT2D eigenvalue weighted by Gasteiger charge is -2.03. The first kappa shape index (κ1) is 10.6. The van der Waals surface area contributed by atoms with Gasteiger partial charge in [0.2, 0.25) is 0 Å². The quantitative estimate of drug-likeness (QED) is 0.680. The van der Waals surface area contributed by atoms with E-state index in [1.807, 2.05) is 30.3 Å². The number of hydrogen-bond donors (Lipinski definition) is 0. The zero-order valence-electron chi connectivity index (χ0n) is 9.54. The molecule has 0 N–H and O–H groups in total. The molecule has 84 valence electrons. The van der Waals surface area contributed by atoms with Gasteiger partial charge >= 0.3 is 0 Å². The van der Waals surface area contributed by atoms with Gasteiger partial charge in [0, 0.05) is 12.4 Å². The molecule has 0 saturated carbocycles. The fourth-order valence-electron chi connectivity index (χ4n) is 1.65. The van der Waals surface area contributed by atoms with Gasteiger partial charge in [0.05, 0.1) is 22.8 Å². The molecular formula is C15H9N3. The van der Waals surface area contributed by atoms with Crippen LogP contribution in [0.5, 0.6) is 0 Å². The summed E-state index contributed by atoms with van der Waals surface area (Å²) in [5, 5.41) is 0. The van der Waals surface area contributed by atoms with E-state index in [1.165, 1.54) is 0 Å². The van der Waals surface area contributed by atoms with Gasteiger partial charge < -0.3 is 0 Å². The Bertz CT molecular complexity index is 581. The highest BCUT2D eigenvalue weighted by Gasteiger charge is 2.04. The van der Waals surface area contributed by atoms with Gasteiger partial charge in [0.1, 0.15) is 0 Å². The van der Waals surface area contributed by atoms with E-state index in [0.717, 1.165) is 22.8 Å². The fraction of sp³-hybridized carbons (Fsp3) is 0. The van der Waals surface area contributed by atoms with Gasteiger partial charge in [-0.05, 0) is 48.5 Å². The Balaban J connectivity index is 2.05. The van der Waals surface area contributed by atoms with Crippen molar-refractivity contribution in [1.29, 1.82) is 0 Å². The van der Waals surface area contributed by atoms with Crippen LogP contribution in [0.3, 0.4) is 0 Å². The predicted molar refractivity (Wildman–Crippen MR) is 68.4 cm³/mol. The van der Waals surface area contributed by atoms with Crippen molar-refractivity contribution in [2.24, 2.45) is 0 Å². The first-order valence-electron chi connectivity index (χ1n) is 5.55. The highest BCUT2D eigenvalue weighted by Crippen LogP contribution is 2.18. The van der Waals surface area contributed by atoms with Crippen molar-refractivity contribution in [1.82, 2.24) is 15.0 Å². The maximum atomic E-state index is 4.55. The monoisotopic (exact) mass is 231 g/mol. The molecule has 0 aliphatic heterocycles. The van der Waals surface area contributed by atoms with E-state index in [4.69, 9.17) is 0 Å². The Kier molecular flexibility index (Phi) is 2.80. The summed E-state index contributed by atoms with van der Waals surface area (Å²) >= 11 is 0. The molecule has 0 saturated heterocycles. The number of pyridine rings is 3. The second-order valence-corrected chi connectivity index (χ2v) is 3.69. The van der Waals surface area contributed by atoms with Gasteiger partial charge in [-0.2, -0.15) is 0 Å². The highest BCUT2D eigenvalue weighted by atomic mass is 14.8. The van der Waals surface area contributed by atoms with E-state index >= 15 is 0 Å². The molecule has 0 unspecified atom stereocenters. The summed E-state index contributed by atoms with van der Waals surface area (Å²) in [6.07, 6.45) is 3.41. The van der Waals surface area contributed by atoms with Crippen LogP contribution in [0.4, 0.5) is 0 Å². The lowest BCUT2D eigenvalue weighted by molar-refractivity contribution is 1.22. The molecule has 18 heavy (non-hydrogen) atoms. The molecule has 3 heteroatoms. The lowest BCUT2D eigenvalue weighted by atomic mass is 10.2. The third kappa shape index (κ3) is 2.11. The Hall–Kier alpha value is -2.55. The normalized spacial score (nSPS) is 10.2. The van der Waals surface area contributed by atoms with Crippen molar-refractivity contribution >= 4 is 0 Å². The average molecular weight is 231 g/mol. The number of aromatic nitrogens is 3. The summed E-state index contributed by atoms with van der Waals surface area (Å²) in [5.41, 5.74) is 3.24. The molecule has 3 rings (SSSR count). The summed E-state index contributed by atoms with van der Waals surface area (Å²) in [6.45, 7) is 0. The summed E-state index contributed by atoms with van der Waals surface area (Å²) in [6, 6.07) is 18.9. The Morgan fingerprint density at radius 1 is 0.722 bits per heavy atom. The smallest absolute Gasteiger partial charge is 0.0894 e. The van der Waals surface area contributed by atoms with E-state index in [-0.39, 0.29) is 0 Å². The van der Waals surface area contributed by atoms with Crippen LogP contribution in [0.15, 0.2) is 54.9 Å². The maximum Gasteiger partial charge on any atom is 0.0894 e. The summed E-state index contributed by atoms with van der Waals surface area (Å²) < 4.78 is 0. The maximum absolute atomic E-state index is 4.55. The van der Waals surface area contributed by atoms with Crippen molar-refractivity contribution in [2.75, 3.05) is 0 Å². The minimum Gasteiger partial charge on any atom is -0.255 e. The second-order valence-electron chi connectivity index (χ2n) is 3.69. The van der Waals surface area contributed by atoms with Gasteiger partial charge in [0.25, 0.3) is 0 Å². The number of nitrogens with zero attached hydrogens (tertiary/aromatic N) is 3. The zero-order valence-corrected chi connectivity index (χ0v) is 9.54. The largest absolute Gasteiger partial charge is 0.255 e. The minimum atomic E-state index is 0.805. The molecule has 0 fully saturated rings. The van der Waals surface area contributed by atoms with Crippen molar-refractivity contribution in [3.05, 3.63) is 67.0 Å². The van der Waals surface area contributed by atoms with E-state index in [1.54, 1.807) is 24.5 Å². The molecule has 0 amide bonds. The average Bonchev–Trinajstić information content (AvgIpc) is 2.49. The molecule has 0 aromatic carbocycles. The number of hydrogen-bond acceptors (Lipinski definition) is 3. The van der Waals surface area contributed by atoms with E-state index in [2.05, 4.69) is 27.1 Å². The Morgan fingerprint density at radius 3 is 1.72 bits per heavy atom. The van der Waals surface area contributed by atoms with Crippen LogP contribution >= 0.6 is 0 Å². The summed E-state index contributed by atoms with van der Waals surface area (Å²) in [5.74, 6) is 0. The molecular weight excluding hydrogens is 222 g/mol. The standard InChI is InChI=1S/C15H9N3/c1-3-10-16-12(6-1)14-8-5-9-15(18-14)13-7-2-4-11-17-13/h3-11H. The van der Waals surface area contributed by atoms with Crippen LogP contribution in [-0.2, 0) is 0 Å². The van der Waals surface area contributed by atoms with E-state index in [9.17, 15) is 0 Å². The topological polar surface area (TPSA) is 38.7 Å². The van der Waals surface area contributed by atoms with Crippen LogP contribution in [0.25, 0.3) is 22.8 Å². The first-order valence-corrected chi connectivity index (χ1v) is 5.55. The molecule has 0 aliphatic carbocycles. The van der Waals surface area contributed by atoms with Crippen molar-refractivity contribution in [3.63, 3.8) is 0 Å². The minimum absolute atomic E-state index is 0.805. The van der Waals surface area contributed by atoms with Gasteiger partial charge in [-0.15, -0.1) is 0 Å². The zero-order chi connectivity index (χ0) is 12.2. The van der Waals surface area contributed by atoms with Crippen LogP contribution in [0.1, 0.15) is 0 Å². The molecule has 0 spiro atoms. The molecule has 3 heterocycles. The van der Waals surface area contributed by atoms with Gasteiger partial charge in [-0.1, -0.05) is 6.07 Å². The molecule has 2 radical (unpaired) electrons. The summed E-state index contributed by atoms with van der Waals surface area (Å²) in [7, 11) is 0. The van der Waals surface area contributed by atoms with Crippen molar-refractivity contribution in [3.8, 4) is 22.8 Å². The Labute approximate surface area is 105 Å². The van der Waals surface area contributed by atoms with Gasteiger partial charge in [-0.25, -0.2) is 4.98 Å². The van der Waals surface area contributed by atoms with Gasteiger partial charge in [-0.3, -0.25) is 9.97 Å². The molecule has 0 aliphatic rings. The van der Waals surface area contributed by atoms with Crippen LogP contribution in [0, 0.1) is 12.1 Å². The number of rotatable bonds is 2. The summed E-state index contributed by atoms with van der Waals surface area (Å²) in [4.78, 5) is 13.1. The second kappa shape index (κ2) is 4.75. The highest BCUT2D eigenvalue weighted by molar-refractivity contribution is 5.61. The van der Waals surface area contributed by atoms with Gasteiger partial charge in [0.15, 0.2) is 0 Å². The molecule has 3 aromatic heterocycles. The predicted octanol–water partition coefficient (Wildman–Crippen LogP) is 2.81.